The van der Waals surface area contributed by atoms with E-state index in [4.69, 9.17) is 5.73 Å². The van der Waals surface area contributed by atoms with Crippen molar-refractivity contribution in [2.24, 2.45) is 16.0 Å². The van der Waals surface area contributed by atoms with Crippen molar-refractivity contribution in [1.82, 2.24) is 10.2 Å². The van der Waals surface area contributed by atoms with Crippen LogP contribution in [0.5, 0.6) is 0 Å². The molecule has 2 atom stereocenters. The molecule has 0 saturated heterocycles. The topological polar surface area (TPSA) is 105 Å². The van der Waals surface area contributed by atoms with Gasteiger partial charge in [-0.25, -0.2) is 0 Å². The molecule has 1 aliphatic carbocycles. The fraction of sp³-hybridized carbons (Fsp3) is 0.500. The molecule has 0 bridgehead atoms. The molecule has 3 rings (SSSR count). The van der Waals surface area contributed by atoms with Gasteiger partial charge in [-0.05, 0) is 37.4 Å². The Morgan fingerprint density at radius 1 is 1.38 bits per heavy atom. The average Bonchev–Trinajstić information content (AvgIpc) is 3.09. The Labute approximate surface area is 142 Å². The van der Waals surface area contributed by atoms with Gasteiger partial charge in [0.1, 0.15) is 4.90 Å². The van der Waals surface area contributed by atoms with Crippen LogP contribution in [-0.4, -0.2) is 51.2 Å². The van der Waals surface area contributed by atoms with E-state index in [1.807, 2.05) is 0 Å². The predicted molar refractivity (Wildman–Crippen MR) is 91.1 cm³/mol. The summed E-state index contributed by atoms with van der Waals surface area (Å²) in [5.41, 5.74) is 6.27. The quantitative estimate of drug-likeness (QED) is 0.813. The lowest BCUT2D eigenvalue weighted by Gasteiger charge is -2.23. The number of nitrogens with zero attached hydrogens (tertiary/aromatic N) is 2. The van der Waals surface area contributed by atoms with Crippen LogP contribution in [0.4, 0.5) is 0 Å². The zero-order chi connectivity index (χ0) is 17.3. The van der Waals surface area contributed by atoms with Gasteiger partial charge in [-0.15, -0.1) is 4.40 Å². The van der Waals surface area contributed by atoms with Crippen molar-refractivity contribution in [3.8, 4) is 0 Å². The second-order valence-electron chi connectivity index (χ2n) is 6.34. The minimum atomic E-state index is -3.67. The van der Waals surface area contributed by atoms with Gasteiger partial charge >= 0.3 is 0 Å². The van der Waals surface area contributed by atoms with E-state index < -0.39 is 10.0 Å². The summed E-state index contributed by atoms with van der Waals surface area (Å²) >= 11 is 0. The zero-order valence-corrected chi connectivity index (χ0v) is 14.4. The van der Waals surface area contributed by atoms with E-state index in [9.17, 15) is 13.2 Å². The highest BCUT2D eigenvalue weighted by Crippen LogP contribution is 2.27. The van der Waals surface area contributed by atoms with Crippen LogP contribution in [0.1, 0.15) is 24.8 Å². The molecule has 1 aliphatic heterocycles. The SMILES string of the molecule is CN(CC(=O)NC1CCCC1CN)C1=NS(=O)(=O)c2ccccc21. The van der Waals surface area contributed by atoms with E-state index in [1.165, 1.54) is 6.07 Å². The number of carbonyl (C=O) groups excluding carboxylic acids is 1. The number of carbonyl (C=O) groups is 1. The molecule has 1 aromatic rings. The molecule has 7 nitrogen and oxygen atoms in total. The molecule has 1 fully saturated rings. The molecule has 130 valence electrons. The lowest BCUT2D eigenvalue weighted by molar-refractivity contribution is -0.122. The minimum Gasteiger partial charge on any atom is -0.352 e. The molecule has 24 heavy (non-hydrogen) atoms. The van der Waals surface area contributed by atoms with E-state index in [0.29, 0.717) is 23.9 Å². The summed E-state index contributed by atoms with van der Waals surface area (Å²) in [6, 6.07) is 6.76. The second kappa shape index (κ2) is 6.52. The summed E-state index contributed by atoms with van der Waals surface area (Å²) in [5, 5.41) is 3.01. The Morgan fingerprint density at radius 2 is 2.12 bits per heavy atom. The summed E-state index contributed by atoms with van der Waals surface area (Å²) in [6.07, 6.45) is 3.05. The van der Waals surface area contributed by atoms with Crippen LogP contribution < -0.4 is 11.1 Å². The van der Waals surface area contributed by atoms with E-state index >= 15 is 0 Å². The Kier molecular flexibility index (Phi) is 4.60. The average molecular weight is 350 g/mol. The molecule has 0 spiro atoms. The first-order valence-corrected chi connectivity index (χ1v) is 9.51. The van der Waals surface area contributed by atoms with Gasteiger partial charge in [-0.2, -0.15) is 8.42 Å². The third-order valence-corrected chi connectivity index (χ3v) is 5.99. The molecule has 8 heteroatoms. The van der Waals surface area contributed by atoms with Crippen LogP contribution in [0.25, 0.3) is 0 Å². The summed E-state index contributed by atoms with van der Waals surface area (Å²) in [4.78, 5) is 14.1. The Bertz CT molecular complexity index is 775. The monoisotopic (exact) mass is 350 g/mol. The number of rotatable bonds is 4. The molecule has 2 aliphatic rings. The smallest absolute Gasteiger partial charge is 0.285 e. The number of hydrogen-bond acceptors (Lipinski definition) is 5. The predicted octanol–water partition coefficient (Wildman–Crippen LogP) is 0.311. The third kappa shape index (κ3) is 3.16. The summed E-state index contributed by atoms with van der Waals surface area (Å²) in [7, 11) is -2.00. The van der Waals surface area contributed by atoms with Crippen LogP contribution in [-0.2, 0) is 14.8 Å². The first-order valence-electron chi connectivity index (χ1n) is 8.07. The van der Waals surface area contributed by atoms with Crippen molar-refractivity contribution >= 4 is 21.8 Å². The number of hydrogen-bond donors (Lipinski definition) is 2. The first-order chi connectivity index (χ1) is 11.4. The molecular formula is C16H22N4O3S. The standard InChI is InChI=1S/C16H22N4O3S/c1-20(10-15(21)18-13-7-4-5-11(13)9-17)16-12-6-2-3-8-14(12)24(22,23)19-16/h2-3,6,8,11,13H,4-5,7,9-10,17H2,1H3,(H,18,21). The van der Waals surface area contributed by atoms with Gasteiger partial charge in [0.15, 0.2) is 5.84 Å². The van der Waals surface area contributed by atoms with Crippen LogP contribution in [0, 0.1) is 5.92 Å². The van der Waals surface area contributed by atoms with E-state index in [2.05, 4.69) is 9.71 Å². The van der Waals surface area contributed by atoms with Gasteiger partial charge in [0.05, 0.1) is 6.54 Å². The molecule has 1 heterocycles. The summed E-state index contributed by atoms with van der Waals surface area (Å²) in [6.45, 7) is 0.621. The molecule has 0 aromatic heterocycles. The number of nitrogens with one attached hydrogen (secondary N) is 1. The van der Waals surface area contributed by atoms with Crippen molar-refractivity contribution in [2.45, 2.75) is 30.2 Å². The molecular weight excluding hydrogens is 328 g/mol. The first kappa shape index (κ1) is 16.9. The van der Waals surface area contributed by atoms with Gasteiger partial charge in [0.25, 0.3) is 10.0 Å². The van der Waals surface area contributed by atoms with Crippen molar-refractivity contribution in [1.29, 1.82) is 0 Å². The maximum Gasteiger partial charge on any atom is 0.285 e. The Hall–Kier alpha value is -1.93. The van der Waals surface area contributed by atoms with Crippen molar-refractivity contribution < 1.29 is 13.2 Å². The van der Waals surface area contributed by atoms with Gasteiger partial charge in [-0.1, -0.05) is 18.6 Å². The lowest BCUT2D eigenvalue weighted by Crippen LogP contribution is -2.45. The minimum absolute atomic E-state index is 0.0521. The van der Waals surface area contributed by atoms with Gasteiger partial charge in [0.2, 0.25) is 5.91 Å². The van der Waals surface area contributed by atoms with Gasteiger partial charge < -0.3 is 16.0 Å². The Morgan fingerprint density at radius 3 is 2.88 bits per heavy atom. The van der Waals surface area contributed by atoms with Crippen LogP contribution in [0.15, 0.2) is 33.6 Å². The van der Waals surface area contributed by atoms with Crippen LogP contribution in [0.3, 0.4) is 0 Å². The van der Waals surface area contributed by atoms with Crippen molar-refractivity contribution in [3.05, 3.63) is 29.8 Å². The molecule has 0 radical (unpaired) electrons. The summed E-state index contributed by atoms with van der Waals surface area (Å²) in [5.74, 6) is 0.485. The number of sulfonamides is 1. The van der Waals surface area contributed by atoms with Crippen molar-refractivity contribution in [3.63, 3.8) is 0 Å². The third-order valence-electron chi connectivity index (χ3n) is 4.66. The van der Waals surface area contributed by atoms with E-state index in [1.54, 1.807) is 30.1 Å². The maximum atomic E-state index is 12.3. The zero-order valence-electron chi connectivity index (χ0n) is 13.6. The molecule has 1 aromatic carbocycles. The number of likely N-dealkylation sites (N-methyl/N-ethyl adjacent to an activating group) is 1. The number of benzene rings is 1. The molecule has 1 saturated carbocycles. The maximum absolute atomic E-state index is 12.3. The second-order valence-corrected chi connectivity index (χ2v) is 7.92. The number of fused-ring (bicyclic) bond motifs is 1. The molecule has 1 amide bonds. The highest BCUT2D eigenvalue weighted by Gasteiger charge is 2.32. The molecule has 3 N–H and O–H groups in total. The van der Waals surface area contributed by atoms with E-state index in [0.717, 1.165) is 19.3 Å². The lowest BCUT2D eigenvalue weighted by atomic mass is 10.0. The van der Waals surface area contributed by atoms with Crippen molar-refractivity contribution in [2.75, 3.05) is 20.1 Å². The highest BCUT2D eigenvalue weighted by atomic mass is 32.2. The van der Waals surface area contributed by atoms with E-state index in [-0.39, 0.29) is 23.4 Å². The van der Waals surface area contributed by atoms with Crippen LogP contribution >= 0.6 is 0 Å². The summed E-state index contributed by atoms with van der Waals surface area (Å²) < 4.78 is 28.0. The largest absolute Gasteiger partial charge is 0.352 e. The number of amides is 1. The van der Waals surface area contributed by atoms with Gasteiger partial charge in [-0.3, -0.25) is 4.79 Å². The fourth-order valence-electron chi connectivity index (χ4n) is 3.42. The highest BCUT2D eigenvalue weighted by molar-refractivity contribution is 7.90. The Balaban J connectivity index is 1.69. The van der Waals surface area contributed by atoms with Gasteiger partial charge in [0, 0.05) is 18.7 Å². The normalized spacial score (nSPS) is 24.3. The number of nitrogens with two attached hydrogens (primary N) is 1. The van der Waals surface area contributed by atoms with Crippen LogP contribution in [0.2, 0.25) is 0 Å². The molecule has 2 unspecified atom stereocenters. The fourth-order valence-corrected chi connectivity index (χ4v) is 4.67. The number of amidine groups is 1.